The number of thiophene rings is 1. The molecule has 0 aromatic carbocycles. The van der Waals surface area contributed by atoms with Crippen LogP contribution >= 0.6 is 11.3 Å². The van der Waals surface area contributed by atoms with Gasteiger partial charge in [0.2, 0.25) is 0 Å². The summed E-state index contributed by atoms with van der Waals surface area (Å²) < 4.78 is 2.14. The van der Waals surface area contributed by atoms with E-state index in [-0.39, 0.29) is 0 Å². The van der Waals surface area contributed by atoms with Crippen molar-refractivity contribution in [1.29, 1.82) is 0 Å². The minimum atomic E-state index is 1.31. The third-order valence-electron chi connectivity index (χ3n) is 1.67. The van der Waals surface area contributed by atoms with Gasteiger partial charge < -0.3 is 4.57 Å². The second-order valence-electron chi connectivity index (χ2n) is 2.50. The van der Waals surface area contributed by atoms with Gasteiger partial charge in [-0.05, 0) is 36.1 Å². The zero-order chi connectivity index (χ0) is 7.68. The highest BCUT2D eigenvalue weighted by molar-refractivity contribution is 7.12. The zero-order valence-corrected chi connectivity index (χ0v) is 7.14. The van der Waals surface area contributed by atoms with Gasteiger partial charge in [-0.15, -0.1) is 11.3 Å². The van der Waals surface area contributed by atoms with Gasteiger partial charge in [-0.25, -0.2) is 0 Å². The first-order chi connectivity index (χ1) is 5.38. The molecule has 1 nitrogen and oxygen atoms in total. The molecule has 11 heavy (non-hydrogen) atoms. The number of aryl methyl sites for hydroxylation is 1. The van der Waals surface area contributed by atoms with Crippen molar-refractivity contribution in [3.05, 3.63) is 41.5 Å². The van der Waals surface area contributed by atoms with Gasteiger partial charge in [0.1, 0.15) is 5.00 Å². The van der Waals surface area contributed by atoms with Gasteiger partial charge in [0, 0.05) is 12.4 Å². The molecule has 0 bridgehead atoms. The molecule has 2 heterocycles. The predicted molar refractivity (Wildman–Crippen MR) is 48.4 cm³/mol. The molecule has 0 aliphatic heterocycles. The Morgan fingerprint density at radius 3 is 2.55 bits per heavy atom. The highest BCUT2D eigenvalue weighted by Gasteiger charge is 1.98. The molecule has 0 saturated heterocycles. The van der Waals surface area contributed by atoms with Crippen LogP contribution in [0.5, 0.6) is 0 Å². The van der Waals surface area contributed by atoms with Gasteiger partial charge in [0.15, 0.2) is 0 Å². The molecule has 0 N–H and O–H groups in total. The van der Waals surface area contributed by atoms with Crippen LogP contribution in [0.4, 0.5) is 0 Å². The Morgan fingerprint density at radius 2 is 2.00 bits per heavy atom. The Hall–Kier alpha value is -1.02. The van der Waals surface area contributed by atoms with Crippen LogP contribution in [0.2, 0.25) is 0 Å². The van der Waals surface area contributed by atoms with E-state index < -0.39 is 0 Å². The van der Waals surface area contributed by atoms with Crippen LogP contribution in [0.3, 0.4) is 0 Å². The van der Waals surface area contributed by atoms with E-state index in [1.807, 2.05) is 12.1 Å². The van der Waals surface area contributed by atoms with Crippen LogP contribution in [-0.4, -0.2) is 4.57 Å². The molecule has 0 amide bonds. The van der Waals surface area contributed by atoms with Crippen LogP contribution in [0.1, 0.15) is 5.56 Å². The molecule has 0 saturated carbocycles. The second kappa shape index (κ2) is 2.55. The van der Waals surface area contributed by atoms with E-state index in [1.54, 1.807) is 11.3 Å². The molecule has 2 aromatic rings. The van der Waals surface area contributed by atoms with E-state index in [0.717, 1.165) is 0 Å². The minimum absolute atomic E-state index is 1.31. The molecule has 2 aromatic heterocycles. The standard InChI is InChI=1S/C9H9NS/c1-8-4-7-11-9(8)10-5-2-3-6-10/h2-7H,1H3. The minimum Gasteiger partial charge on any atom is -0.315 e. The van der Waals surface area contributed by atoms with Gasteiger partial charge in [-0.2, -0.15) is 0 Å². The summed E-state index contributed by atoms with van der Waals surface area (Å²) in [5.41, 5.74) is 1.34. The first kappa shape index (κ1) is 6.68. The van der Waals surface area contributed by atoms with Crippen molar-refractivity contribution in [3.63, 3.8) is 0 Å². The van der Waals surface area contributed by atoms with Crippen molar-refractivity contribution in [3.8, 4) is 5.00 Å². The van der Waals surface area contributed by atoms with E-state index in [4.69, 9.17) is 0 Å². The molecule has 2 rings (SSSR count). The van der Waals surface area contributed by atoms with Gasteiger partial charge in [0.25, 0.3) is 0 Å². The smallest absolute Gasteiger partial charge is 0.102 e. The SMILES string of the molecule is Cc1ccsc1-n1cccc1. The zero-order valence-electron chi connectivity index (χ0n) is 6.32. The molecular formula is C9H9NS. The topological polar surface area (TPSA) is 4.93 Å². The van der Waals surface area contributed by atoms with Crippen LogP contribution in [0, 0.1) is 6.92 Å². The van der Waals surface area contributed by atoms with Crippen molar-refractivity contribution < 1.29 is 0 Å². The summed E-state index contributed by atoms with van der Waals surface area (Å²) in [5.74, 6) is 0. The summed E-state index contributed by atoms with van der Waals surface area (Å²) in [6.07, 6.45) is 4.14. The van der Waals surface area contributed by atoms with E-state index in [0.29, 0.717) is 0 Å². The third kappa shape index (κ3) is 1.10. The summed E-state index contributed by atoms with van der Waals surface area (Å²) in [6.45, 7) is 2.13. The molecule has 0 aliphatic rings. The van der Waals surface area contributed by atoms with E-state index in [9.17, 15) is 0 Å². The van der Waals surface area contributed by atoms with Crippen molar-refractivity contribution >= 4 is 11.3 Å². The summed E-state index contributed by atoms with van der Waals surface area (Å²) in [5, 5.41) is 3.43. The van der Waals surface area contributed by atoms with Crippen LogP contribution in [0.25, 0.3) is 5.00 Å². The summed E-state index contributed by atoms with van der Waals surface area (Å²) in [4.78, 5) is 0. The molecule has 0 fully saturated rings. The normalized spacial score (nSPS) is 10.3. The quantitative estimate of drug-likeness (QED) is 0.609. The fourth-order valence-corrected chi connectivity index (χ4v) is 2.00. The fourth-order valence-electron chi connectivity index (χ4n) is 1.10. The largest absolute Gasteiger partial charge is 0.315 e. The highest BCUT2D eigenvalue weighted by atomic mass is 32.1. The molecule has 2 heteroatoms. The molecular weight excluding hydrogens is 154 g/mol. The summed E-state index contributed by atoms with van der Waals surface area (Å²) in [6, 6.07) is 6.22. The number of nitrogens with zero attached hydrogens (tertiary/aromatic N) is 1. The Balaban J connectivity index is 2.53. The number of rotatable bonds is 1. The number of hydrogen-bond donors (Lipinski definition) is 0. The summed E-state index contributed by atoms with van der Waals surface area (Å²) in [7, 11) is 0. The second-order valence-corrected chi connectivity index (χ2v) is 3.39. The van der Waals surface area contributed by atoms with Crippen molar-refractivity contribution in [2.75, 3.05) is 0 Å². The third-order valence-corrected chi connectivity index (χ3v) is 2.70. The Morgan fingerprint density at radius 1 is 1.27 bits per heavy atom. The monoisotopic (exact) mass is 163 g/mol. The summed E-state index contributed by atoms with van der Waals surface area (Å²) >= 11 is 1.77. The Labute approximate surface area is 69.9 Å². The van der Waals surface area contributed by atoms with Crippen molar-refractivity contribution in [2.24, 2.45) is 0 Å². The average Bonchev–Trinajstić information content (AvgIpc) is 2.55. The predicted octanol–water partition coefficient (Wildman–Crippen LogP) is 2.85. The fraction of sp³-hybridized carbons (Fsp3) is 0.111. The average molecular weight is 163 g/mol. The lowest BCUT2D eigenvalue weighted by Crippen LogP contribution is -1.86. The first-order valence-electron chi connectivity index (χ1n) is 3.55. The van der Waals surface area contributed by atoms with Gasteiger partial charge >= 0.3 is 0 Å². The maximum absolute atomic E-state index is 2.14. The van der Waals surface area contributed by atoms with Crippen molar-refractivity contribution in [1.82, 2.24) is 4.57 Å². The Kier molecular flexibility index (Phi) is 1.55. The number of aromatic nitrogens is 1. The van der Waals surface area contributed by atoms with Gasteiger partial charge in [-0.3, -0.25) is 0 Å². The van der Waals surface area contributed by atoms with Crippen LogP contribution in [-0.2, 0) is 0 Å². The number of hydrogen-bond acceptors (Lipinski definition) is 1. The van der Waals surface area contributed by atoms with Gasteiger partial charge in [0.05, 0.1) is 0 Å². The highest BCUT2D eigenvalue weighted by Crippen LogP contribution is 2.20. The molecule has 0 unspecified atom stereocenters. The maximum Gasteiger partial charge on any atom is 0.102 e. The lowest BCUT2D eigenvalue weighted by molar-refractivity contribution is 1.10. The lowest BCUT2D eigenvalue weighted by atomic mass is 10.4. The van der Waals surface area contributed by atoms with E-state index in [2.05, 4.69) is 35.3 Å². The molecule has 0 aliphatic carbocycles. The molecule has 0 radical (unpaired) electrons. The van der Waals surface area contributed by atoms with Crippen LogP contribution in [0.15, 0.2) is 36.0 Å². The maximum atomic E-state index is 2.14. The molecule has 56 valence electrons. The van der Waals surface area contributed by atoms with Crippen LogP contribution < -0.4 is 0 Å². The van der Waals surface area contributed by atoms with Gasteiger partial charge in [-0.1, -0.05) is 0 Å². The lowest BCUT2D eigenvalue weighted by Gasteiger charge is -1.98. The molecule has 0 atom stereocenters. The van der Waals surface area contributed by atoms with E-state index in [1.165, 1.54) is 10.6 Å². The van der Waals surface area contributed by atoms with Crippen molar-refractivity contribution in [2.45, 2.75) is 6.92 Å². The molecule has 0 spiro atoms. The first-order valence-corrected chi connectivity index (χ1v) is 4.43. The van der Waals surface area contributed by atoms with E-state index >= 15 is 0 Å². The Bertz CT molecular complexity index is 332.